The molecular formula is C16H24. The van der Waals surface area contributed by atoms with Gasteiger partial charge in [0.25, 0.3) is 0 Å². The molecule has 1 atom stereocenters. The summed E-state index contributed by atoms with van der Waals surface area (Å²) in [6.07, 6.45) is 5.48. The molecule has 1 aliphatic rings. The SMILES string of the molecule is CCC(c1ccc(C2CCC2)cc1)C(C)C. The summed E-state index contributed by atoms with van der Waals surface area (Å²) < 4.78 is 0. The molecule has 2 rings (SSSR count). The fraction of sp³-hybridized carbons (Fsp3) is 0.625. The molecule has 0 heteroatoms. The maximum absolute atomic E-state index is 2.37. The number of hydrogen-bond donors (Lipinski definition) is 0. The van der Waals surface area contributed by atoms with Crippen LogP contribution in [0.25, 0.3) is 0 Å². The average Bonchev–Trinajstić information content (AvgIpc) is 2.18. The van der Waals surface area contributed by atoms with Gasteiger partial charge in [0.15, 0.2) is 0 Å². The molecule has 0 aromatic heterocycles. The van der Waals surface area contributed by atoms with Gasteiger partial charge in [-0.2, -0.15) is 0 Å². The van der Waals surface area contributed by atoms with E-state index >= 15 is 0 Å². The van der Waals surface area contributed by atoms with Crippen LogP contribution in [0.4, 0.5) is 0 Å². The normalized spacial score (nSPS) is 18.5. The van der Waals surface area contributed by atoms with Crippen molar-refractivity contribution in [3.8, 4) is 0 Å². The van der Waals surface area contributed by atoms with Crippen molar-refractivity contribution in [2.75, 3.05) is 0 Å². The average molecular weight is 216 g/mol. The van der Waals surface area contributed by atoms with E-state index in [1.54, 1.807) is 5.56 Å². The molecule has 0 heterocycles. The smallest absolute Gasteiger partial charge is 0.0141 e. The highest BCUT2D eigenvalue weighted by atomic mass is 14.2. The van der Waals surface area contributed by atoms with Gasteiger partial charge in [-0.05, 0) is 48.1 Å². The first-order valence-corrected chi connectivity index (χ1v) is 6.82. The zero-order valence-corrected chi connectivity index (χ0v) is 10.9. The van der Waals surface area contributed by atoms with Gasteiger partial charge in [-0.1, -0.05) is 51.5 Å². The van der Waals surface area contributed by atoms with E-state index < -0.39 is 0 Å². The molecule has 0 spiro atoms. The van der Waals surface area contributed by atoms with E-state index in [0.717, 1.165) is 17.8 Å². The molecule has 0 aliphatic heterocycles. The Kier molecular flexibility index (Phi) is 3.68. The quantitative estimate of drug-likeness (QED) is 0.656. The first kappa shape index (κ1) is 11.7. The molecule has 1 fully saturated rings. The Hall–Kier alpha value is -0.780. The van der Waals surface area contributed by atoms with Gasteiger partial charge in [-0.15, -0.1) is 0 Å². The summed E-state index contributed by atoms with van der Waals surface area (Å²) in [5, 5.41) is 0. The predicted molar refractivity (Wildman–Crippen MR) is 70.9 cm³/mol. The Balaban J connectivity index is 2.11. The van der Waals surface area contributed by atoms with Gasteiger partial charge >= 0.3 is 0 Å². The standard InChI is InChI=1S/C16H24/c1-4-16(12(2)3)15-10-8-14(9-11-15)13-6-5-7-13/h8-13,16H,4-7H2,1-3H3. The van der Waals surface area contributed by atoms with Crippen LogP contribution >= 0.6 is 0 Å². The molecule has 16 heavy (non-hydrogen) atoms. The van der Waals surface area contributed by atoms with Crippen molar-refractivity contribution in [3.63, 3.8) is 0 Å². The van der Waals surface area contributed by atoms with Crippen molar-refractivity contribution in [1.82, 2.24) is 0 Å². The topological polar surface area (TPSA) is 0 Å². The fourth-order valence-electron chi connectivity index (χ4n) is 2.85. The van der Waals surface area contributed by atoms with E-state index in [4.69, 9.17) is 0 Å². The van der Waals surface area contributed by atoms with Crippen molar-refractivity contribution in [1.29, 1.82) is 0 Å². The number of hydrogen-bond acceptors (Lipinski definition) is 0. The molecular weight excluding hydrogens is 192 g/mol. The Labute approximate surface area is 100 Å². The van der Waals surface area contributed by atoms with Crippen molar-refractivity contribution in [2.24, 2.45) is 5.92 Å². The van der Waals surface area contributed by atoms with Gasteiger partial charge < -0.3 is 0 Å². The van der Waals surface area contributed by atoms with Crippen LogP contribution in [0.2, 0.25) is 0 Å². The first-order valence-electron chi connectivity index (χ1n) is 6.82. The molecule has 1 saturated carbocycles. The third-order valence-electron chi connectivity index (χ3n) is 4.19. The summed E-state index contributed by atoms with van der Waals surface area (Å²) in [5.41, 5.74) is 3.09. The summed E-state index contributed by atoms with van der Waals surface area (Å²) in [6.45, 7) is 6.95. The minimum atomic E-state index is 0.732. The Morgan fingerprint density at radius 1 is 1.12 bits per heavy atom. The lowest BCUT2D eigenvalue weighted by Crippen LogP contribution is -2.09. The fourth-order valence-corrected chi connectivity index (χ4v) is 2.85. The summed E-state index contributed by atoms with van der Waals surface area (Å²) in [6, 6.07) is 9.46. The minimum absolute atomic E-state index is 0.732. The van der Waals surface area contributed by atoms with E-state index in [0.29, 0.717) is 0 Å². The van der Waals surface area contributed by atoms with Crippen LogP contribution in [0.1, 0.15) is 69.4 Å². The van der Waals surface area contributed by atoms with Crippen molar-refractivity contribution in [3.05, 3.63) is 35.4 Å². The molecule has 0 amide bonds. The lowest BCUT2D eigenvalue weighted by atomic mass is 9.79. The lowest BCUT2D eigenvalue weighted by molar-refractivity contribution is 0.419. The zero-order chi connectivity index (χ0) is 11.5. The molecule has 1 aromatic carbocycles. The van der Waals surface area contributed by atoms with Gasteiger partial charge in [0.05, 0.1) is 0 Å². The Morgan fingerprint density at radius 3 is 2.12 bits per heavy atom. The third kappa shape index (κ3) is 2.31. The highest BCUT2D eigenvalue weighted by Crippen LogP contribution is 2.37. The van der Waals surface area contributed by atoms with Gasteiger partial charge in [-0.25, -0.2) is 0 Å². The molecule has 1 aromatic rings. The van der Waals surface area contributed by atoms with Gasteiger partial charge in [-0.3, -0.25) is 0 Å². The number of benzene rings is 1. The second-order valence-electron chi connectivity index (χ2n) is 5.55. The van der Waals surface area contributed by atoms with E-state index in [-0.39, 0.29) is 0 Å². The lowest BCUT2D eigenvalue weighted by Gasteiger charge is -2.26. The van der Waals surface area contributed by atoms with Crippen LogP contribution in [0.5, 0.6) is 0 Å². The summed E-state index contributed by atoms with van der Waals surface area (Å²) in [4.78, 5) is 0. The van der Waals surface area contributed by atoms with Crippen molar-refractivity contribution in [2.45, 2.75) is 58.3 Å². The Morgan fingerprint density at radius 2 is 1.75 bits per heavy atom. The van der Waals surface area contributed by atoms with E-state index in [1.807, 2.05) is 0 Å². The van der Waals surface area contributed by atoms with Crippen LogP contribution in [-0.2, 0) is 0 Å². The monoisotopic (exact) mass is 216 g/mol. The van der Waals surface area contributed by atoms with Crippen molar-refractivity contribution >= 4 is 0 Å². The van der Waals surface area contributed by atoms with Crippen molar-refractivity contribution < 1.29 is 0 Å². The summed E-state index contributed by atoms with van der Waals surface area (Å²) >= 11 is 0. The van der Waals surface area contributed by atoms with Crippen LogP contribution in [0, 0.1) is 5.92 Å². The maximum atomic E-state index is 2.37. The molecule has 1 aliphatic carbocycles. The molecule has 0 radical (unpaired) electrons. The van der Waals surface area contributed by atoms with Crippen LogP contribution in [0.15, 0.2) is 24.3 Å². The molecule has 0 bridgehead atoms. The number of rotatable bonds is 4. The highest BCUT2D eigenvalue weighted by molar-refractivity contribution is 5.28. The first-order chi connectivity index (χ1) is 7.72. The van der Waals surface area contributed by atoms with Crippen LogP contribution in [-0.4, -0.2) is 0 Å². The molecule has 88 valence electrons. The van der Waals surface area contributed by atoms with Gasteiger partial charge in [0.1, 0.15) is 0 Å². The van der Waals surface area contributed by atoms with Gasteiger partial charge in [0.2, 0.25) is 0 Å². The molecule has 1 unspecified atom stereocenters. The molecule has 0 nitrogen and oxygen atoms in total. The van der Waals surface area contributed by atoms with E-state index in [2.05, 4.69) is 45.0 Å². The van der Waals surface area contributed by atoms with Crippen LogP contribution < -0.4 is 0 Å². The second-order valence-corrected chi connectivity index (χ2v) is 5.55. The Bertz CT molecular complexity index is 316. The molecule has 0 N–H and O–H groups in total. The minimum Gasteiger partial charge on any atom is -0.0648 e. The predicted octanol–water partition coefficient (Wildman–Crippen LogP) is 5.10. The summed E-state index contributed by atoms with van der Waals surface area (Å²) in [5.74, 6) is 2.35. The van der Waals surface area contributed by atoms with E-state index in [1.165, 1.54) is 31.2 Å². The third-order valence-corrected chi connectivity index (χ3v) is 4.19. The highest BCUT2D eigenvalue weighted by Gasteiger charge is 2.20. The van der Waals surface area contributed by atoms with Crippen LogP contribution in [0.3, 0.4) is 0 Å². The zero-order valence-electron chi connectivity index (χ0n) is 10.9. The summed E-state index contributed by atoms with van der Waals surface area (Å²) in [7, 11) is 0. The largest absolute Gasteiger partial charge is 0.0648 e. The van der Waals surface area contributed by atoms with E-state index in [9.17, 15) is 0 Å². The second kappa shape index (κ2) is 5.03. The van der Waals surface area contributed by atoms with Gasteiger partial charge in [0, 0.05) is 0 Å². The molecule has 0 saturated heterocycles. The maximum Gasteiger partial charge on any atom is -0.0141 e.